The van der Waals surface area contributed by atoms with Crippen molar-refractivity contribution in [2.45, 2.75) is 18.9 Å². The third kappa shape index (κ3) is 5.46. The maximum absolute atomic E-state index is 13.0. The van der Waals surface area contributed by atoms with Crippen molar-refractivity contribution < 1.29 is 28.5 Å². The summed E-state index contributed by atoms with van der Waals surface area (Å²) in [6.07, 6.45) is 1.28. The van der Waals surface area contributed by atoms with Crippen LogP contribution in [0.4, 0.5) is 10.5 Å². The number of carbonyl (C=O) groups is 1. The van der Waals surface area contributed by atoms with Gasteiger partial charge in [-0.2, -0.15) is 0 Å². The molecule has 0 aromatic heterocycles. The molecule has 4 rings (SSSR count). The van der Waals surface area contributed by atoms with E-state index < -0.39 is 0 Å². The van der Waals surface area contributed by atoms with E-state index in [-0.39, 0.29) is 18.9 Å². The van der Waals surface area contributed by atoms with E-state index in [0.29, 0.717) is 35.8 Å². The highest BCUT2D eigenvalue weighted by atomic mass is 16.7. The van der Waals surface area contributed by atoms with Crippen molar-refractivity contribution in [3.8, 4) is 28.7 Å². The minimum absolute atomic E-state index is 0.162. The van der Waals surface area contributed by atoms with E-state index in [4.69, 9.17) is 23.7 Å². The highest BCUT2D eigenvalue weighted by Gasteiger charge is 2.19. The summed E-state index contributed by atoms with van der Waals surface area (Å²) < 4.78 is 27.0. The third-order valence-corrected chi connectivity index (χ3v) is 5.50. The SMILES string of the molecule is COc1cc(NC(=O)N[C@H](Cc2ccccc2)Cc2ccc3c(c2)OCO3)cc(OC)c1OC. The Kier molecular flexibility index (Phi) is 7.27. The standard InChI is InChI=1S/C26H28N2O6/c1-30-23-14-20(15-24(31-2)25(23)32-3)28-26(29)27-19(11-17-7-5-4-6-8-17)12-18-9-10-21-22(13-18)34-16-33-21/h4-10,13-15,19H,11-12,16H2,1-3H3,(H2,27,28,29)/t19-/m1/s1. The zero-order valence-corrected chi connectivity index (χ0v) is 19.4. The van der Waals surface area contributed by atoms with E-state index in [2.05, 4.69) is 10.6 Å². The van der Waals surface area contributed by atoms with E-state index in [0.717, 1.165) is 22.6 Å². The molecule has 0 spiro atoms. The number of anilines is 1. The Morgan fingerprint density at radius 1 is 0.853 bits per heavy atom. The summed E-state index contributed by atoms with van der Waals surface area (Å²) in [4.78, 5) is 13.0. The van der Waals surface area contributed by atoms with Crippen LogP contribution < -0.4 is 34.3 Å². The van der Waals surface area contributed by atoms with E-state index in [1.807, 2.05) is 48.5 Å². The molecule has 8 nitrogen and oxygen atoms in total. The number of ether oxygens (including phenoxy) is 5. The smallest absolute Gasteiger partial charge is 0.319 e. The molecule has 0 saturated heterocycles. The Hall–Kier alpha value is -4.07. The second-order valence-electron chi connectivity index (χ2n) is 7.79. The van der Waals surface area contributed by atoms with Crippen LogP contribution in [0.2, 0.25) is 0 Å². The first-order valence-electron chi connectivity index (χ1n) is 10.9. The predicted octanol–water partition coefficient (Wildman–Crippen LogP) is 4.42. The van der Waals surface area contributed by atoms with E-state index in [1.165, 1.54) is 21.3 Å². The Bertz CT molecular complexity index is 1110. The van der Waals surface area contributed by atoms with Gasteiger partial charge in [0.15, 0.2) is 23.0 Å². The van der Waals surface area contributed by atoms with Gasteiger partial charge in [0.2, 0.25) is 12.5 Å². The van der Waals surface area contributed by atoms with Crippen molar-refractivity contribution in [1.29, 1.82) is 0 Å². The summed E-state index contributed by atoms with van der Waals surface area (Å²) in [7, 11) is 4.59. The molecule has 3 aromatic rings. The number of carbonyl (C=O) groups excluding carboxylic acids is 1. The van der Waals surface area contributed by atoms with Crippen molar-refractivity contribution in [3.63, 3.8) is 0 Å². The lowest BCUT2D eigenvalue weighted by Gasteiger charge is -2.20. The molecule has 0 bridgehead atoms. The molecule has 3 aromatic carbocycles. The maximum Gasteiger partial charge on any atom is 0.319 e. The molecule has 1 atom stereocenters. The number of methoxy groups -OCH3 is 3. The molecule has 2 amide bonds. The van der Waals surface area contributed by atoms with Crippen molar-refractivity contribution in [2.75, 3.05) is 33.4 Å². The van der Waals surface area contributed by atoms with Gasteiger partial charge in [-0.25, -0.2) is 4.79 Å². The van der Waals surface area contributed by atoms with Gasteiger partial charge >= 0.3 is 6.03 Å². The van der Waals surface area contributed by atoms with Crippen LogP contribution in [-0.4, -0.2) is 40.2 Å². The van der Waals surface area contributed by atoms with Gasteiger partial charge in [-0.3, -0.25) is 0 Å². The van der Waals surface area contributed by atoms with Crippen LogP contribution in [0, 0.1) is 0 Å². The van der Waals surface area contributed by atoms with Gasteiger partial charge < -0.3 is 34.3 Å². The zero-order chi connectivity index (χ0) is 23.9. The van der Waals surface area contributed by atoms with Gasteiger partial charge in [-0.15, -0.1) is 0 Å². The normalized spacial score (nSPS) is 12.6. The van der Waals surface area contributed by atoms with Gasteiger partial charge in [0.1, 0.15) is 0 Å². The number of hydrogen-bond acceptors (Lipinski definition) is 6. The van der Waals surface area contributed by atoms with Crippen molar-refractivity contribution in [2.24, 2.45) is 0 Å². The summed E-state index contributed by atoms with van der Waals surface area (Å²) in [5.41, 5.74) is 2.69. The van der Waals surface area contributed by atoms with Gasteiger partial charge in [-0.05, 0) is 36.1 Å². The molecule has 0 radical (unpaired) electrons. The molecule has 8 heteroatoms. The number of urea groups is 1. The zero-order valence-electron chi connectivity index (χ0n) is 19.4. The Labute approximate surface area is 198 Å². The van der Waals surface area contributed by atoms with Gasteiger partial charge in [-0.1, -0.05) is 36.4 Å². The molecule has 2 N–H and O–H groups in total. The fourth-order valence-electron chi connectivity index (χ4n) is 3.93. The Morgan fingerprint density at radius 3 is 2.21 bits per heavy atom. The fourth-order valence-corrected chi connectivity index (χ4v) is 3.93. The quantitative estimate of drug-likeness (QED) is 0.488. The first kappa shape index (κ1) is 23.1. The number of nitrogens with one attached hydrogen (secondary N) is 2. The minimum atomic E-state index is -0.337. The highest BCUT2D eigenvalue weighted by Crippen LogP contribution is 2.40. The molecule has 1 aliphatic heterocycles. The van der Waals surface area contributed by atoms with Gasteiger partial charge in [0.25, 0.3) is 0 Å². The topological polar surface area (TPSA) is 87.3 Å². The number of fused-ring (bicyclic) bond motifs is 1. The molecule has 1 aliphatic rings. The first-order chi connectivity index (χ1) is 16.6. The lowest BCUT2D eigenvalue weighted by atomic mass is 9.98. The lowest BCUT2D eigenvalue weighted by molar-refractivity contribution is 0.174. The van der Waals surface area contributed by atoms with Crippen LogP contribution in [0.1, 0.15) is 11.1 Å². The monoisotopic (exact) mass is 464 g/mol. The summed E-state index contributed by atoms with van der Waals surface area (Å²) in [6.45, 7) is 0.224. The predicted molar refractivity (Wildman–Crippen MR) is 128 cm³/mol. The molecule has 0 saturated carbocycles. The second-order valence-corrected chi connectivity index (χ2v) is 7.79. The van der Waals surface area contributed by atoms with Crippen LogP contribution in [0.15, 0.2) is 60.7 Å². The summed E-state index contributed by atoms with van der Waals surface area (Å²) in [6, 6.07) is 18.8. The molecule has 1 heterocycles. The number of rotatable bonds is 9. The Morgan fingerprint density at radius 2 is 1.53 bits per heavy atom. The summed E-state index contributed by atoms with van der Waals surface area (Å²) >= 11 is 0. The average Bonchev–Trinajstić information content (AvgIpc) is 3.31. The molecule has 0 unspecified atom stereocenters. The Balaban J connectivity index is 1.51. The highest BCUT2D eigenvalue weighted by molar-refractivity contribution is 5.90. The number of amides is 2. The second kappa shape index (κ2) is 10.7. The van der Waals surface area contributed by atoms with Crippen molar-refractivity contribution >= 4 is 11.7 Å². The van der Waals surface area contributed by atoms with Crippen LogP contribution in [-0.2, 0) is 12.8 Å². The summed E-state index contributed by atoms with van der Waals surface area (Å²) in [5, 5.41) is 5.97. The molecule has 0 fully saturated rings. The molecular formula is C26H28N2O6. The molecule has 0 aliphatic carbocycles. The van der Waals surface area contributed by atoms with Crippen molar-refractivity contribution in [1.82, 2.24) is 5.32 Å². The minimum Gasteiger partial charge on any atom is -0.493 e. The van der Waals surface area contributed by atoms with E-state index in [9.17, 15) is 4.79 Å². The van der Waals surface area contributed by atoms with Gasteiger partial charge in [0, 0.05) is 18.2 Å². The molecule has 34 heavy (non-hydrogen) atoms. The van der Waals surface area contributed by atoms with Crippen LogP contribution in [0.5, 0.6) is 28.7 Å². The maximum atomic E-state index is 13.0. The molecular weight excluding hydrogens is 436 g/mol. The van der Waals surface area contributed by atoms with E-state index in [1.54, 1.807) is 12.1 Å². The number of hydrogen-bond donors (Lipinski definition) is 2. The largest absolute Gasteiger partial charge is 0.493 e. The fraction of sp³-hybridized carbons (Fsp3) is 0.269. The van der Waals surface area contributed by atoms with Crippen LogP contribution in [0.3, 0.4) is 0 Å². The molecule has 178 valence electrons. The third-order valence-electron chi connectivity index (χ3n) is 5.50. The average molecular weight is 465 g/mol. The summed E-state index contributed by atoms with van der Waals surface area (Å²) in [5.74, 6) is 2.83. The van der Waals surface area contributed by atoms with Crippen LogP contribution >= 0.6 is 0 Å². The van der Waals surface area contributed by atoms with Gasteiger partial charge in [0.05, 0.1) is 27.0 Å². The van der Waals surface area contributed by atoms with Crippen LogP contribution in [0.25, 0.3) is 0 Å². The lowest BCUT2D eigenvalue weighted by Crippen LogP contribution is -2.40. The van der Waals surface area contributed by atoms with E-state index >= 15 is 0 Å². The first-order valence-corrected chi connectivity index (χ1v) is 10.9. The van der Waals surface area contributed by atoms with Crippen molar-refractivity contribution in [3.05, 3.63) is 71.8 Å². The number of benzene rings is 3.